The van der Waals surface area contributed by atoms with Crippen LogP contribution in [0.15, 0.2) is 24.4 Å². The number of aromatic nitrogens is 2. The Bertz CT molecular complexity index is 693. The first-order valence-corrected chi connectivity index (χ1v) is 6.13. The van der Waals surface area contributed by atoms with Gasteiger partial charge in [0.1, 0.15) is 6.61 Å². The summed E-state index contributed by atoms with van der Waals surface area (Å²) in [5, 5.41) is 18.1. The molecule has 0 bridgehead atoms. The number of benzene rings is 1. The average Bonchev–Trinajstić information content (AvgIpc) is 2.85. The molecule has 1 aromatic carbocycles. The van der Waals surface area contributed by atoms with Crippen molar-refractivity contribution in [3.63, 3.8) is 0 Å². The van der Waals surface area contributed by atoms with Gasteiger partial charge in [0.15, 0.2) is 0 Å². The molecule has 1 aromatic heterocycles. The van der Waals surface area contributed by atoms with Gasteiger partial charge in [0.05, 0.1) is 11.8 Å². The van der Waals surface area contributed by atoms with Crippen molar-refractivity contribution >= 4 is 11.6 Å². The second kappa shape index (κ2) is 6.04. The molecule has 2 rings (SSSR count). The highest BCUT2D eigenvalue weighted by Crippen LogP contribution is 2.16. The summed E-state index contributed by atoms with van der Waals surface area (Å²) in [7, 11) is 0. The van der Waals surface area contributed by atoms with E-state index in [9.17, 15) is 4.79 Å². The molecule has 102 valence electrons. The molecule has 0 saturated carbocycles. The van der Waals surface area contributed by atoms with Gasteiger partial charge in [0, 0.05) is 16.9 Å². The second-order valence-corrected chi connectivity index (χ2v) is 4.35. The van der Waals surface area contributed by atoms with Gasteiger partial charge < -0.3 is 10.4 Å². The molecule has 0 radical (unpaired) electrons. The third-order valence-electron chi connectivity index (χ3n) is 2.87. The Hall–Kier alpha value is -2.58. The Kier molecular flexibility index (Phi) is 4.18. The molecule has 5 heteroatoms. The van der Waals surface area contributed by atoms with Gasteiger partial charge in [0.25, 0.3) is 5.91 Å². The van der Waals surface area contributed by atoms with Gasteiger partial charge in [-0.05, 0) is 31.5 Å². The van der Waals surface area contributed by atoms with E-state index in [0.717, 1.165) is 16.8 Å². The van der Waals surface area contributed by atoms with Crippen LogP contribution in [-0.4, -0.2) is 27.8 Å². The summed E-state index contributed by atoms with van der Waals surface area (Å²) in [6.07, 6.45) is 1.49. The molecule has 1 heterocycles. The first-order valence-electron chi connectivity index (χ1n) is 6.13. The minimum Gasteiger partial charge on any atom is -0.384 e. The molecule has 0 atom stereocenters. The Morgan fingerprint density at radius 1 is 1.45 bits per heavy atom. The second-order valence-electron chi connectivity index (χ2n) is 4.35. The lowest BCUT2D eigenvalue weighted by molar-refractivity contribution is 0.102. The van der Waals surface area contributed by atoms with E-state index >= 15 is 0 Å². The number of nitrogens with one attached hydrogen (secondary N) is 2. The number of amides is 1. The van der Waals surface area contributed by atoms with Gasteiger partial charge in [-0.1, -0.05) is 17.9 Å². The third-order valence-corrected chi connectivity index (χ3v) is 2.87. The van der Waals surface area contributed by atoms with Gasteiger partial charge in [-0.25, -0.2) is 0 Å². The number of hydrogen-bond donors (Lipinski definition) is 3. The number of carbonyl (C=O) groups excluding carboxylic acids is 1. The van der Waals surface area contributed by atoms with Crippen LogP contribution in [0.25, 0.3) is 0 Å². The number of hydrogen-bond acceptors (Lipinski definition) is 3. The average molecular weight is 269 g/mol. The van der Waals surface area contributed by atoms with E-state index < -0.39 is 0 Å². The van der Waals surface area contributed by atoms with Gasteiger partial charge >= 0.3 is 0 Å². The third kappa shape index (κ3) is 3.05. The van der Waals surface area contributed by atoms with Crippen LogP contribution < -0.4 is 5.32 Å². The fraction of sp³-hybridized carbons (Fsp3) is 0.200. The molecule has 5 nitrogen and oxygen atoms in total. The first-order chi connectivity index (χ1) is 9.61. The minimum absolute atomic E-state index is 0.190. The summed E-state index contributed by atoms with van der Waals surface area (Å²) in [5.74, 6) is 5.23. The zero-order valence-corrected chi connectivity index (χ0v) is 11.3. The highest BCUT2D eigenvalue weighted by atomic mass is 16.2. The maximum atomic E-state index is 12.1. The topological polar surface area (TPSA) is 78.0 Å². The van der Waals surface area contributed by atoms with E-state index in [1.54, 1.807) is 13.0 Å². The SMILES string of the molecule is Cc1ccc(NC(=O)c2cn[nH]c2C)cc1C#CCO. The van der Waals surface area contributed by atoms with Gasteiger partial charge in [-0.15, -0.1) is 0 Å². The molecule has 3 N–H and O–H groups in total. The number of H-pyrrole nitrogens is 1. The van der Waals surface area contributed by atoms with Crippen molar-refractivity contribution in [2.45, 2.75) is 13.8 Å². The van der Waals surface area contributed by atoms with Gasteiger partial charge in [0.2, 0.25) is 0 Å². The number of rotatable bonds is 2. The lowest BCUT2D eigenvalue weighted by Gasteiger charge is -2.06. The van der Waals surface area contributed by atoms with E-state index in [1.165, 1.54) is 6.20 Å². The predicted octanol–water partition coefficient (Wildman–Crippen LogP) is 1.62. The number of carbonyl (C=O) groups is 1. The van der Waals surface area contributed by atoms with Crippen LogP contribution in [0.4, 0.5) is 5.69 Å². The summed E-state index contributed by atoms with van der Waals surface area (Å²) >= 11 is 0. The van der Waals surface area contributed by atoms with Gasteiger partial charge in [-0.3, -0.25) is 9.89 Å². The molecular weight excluding hydrogens is 254 g/mol. The molecule has 20 heavy (non-hydrogen) atoms. The molecule has 0 aliphatic rings. The number of anilines is 1. The quantitative estimate of drug-likeness (QED) is 0.725. The zero-order chi connectivity index (χ0) is 14.5. The van der Waals surface area contributed by atoms with E-state index in [1.807, 2.05) is 19.1 Å². The van der Waals surface area contributed by atoms with Crippen LogP contribution in [0.3, 0.4) is 0 Å². The van der Waals surface area contributed by atoms with E-state index in [4.69, 9.17) is 5.11 Å². The van der Waals surface area contributed by atoms with Crippen molar-refractivity contribution in [1.82, 2.24) is 10.2 Å². The normalized spacial score (nSPS) is 9.75. The first kappa shape index (κ1) is 13.8. The van der Waals surface area contributed by atoms with Crippen LogP contribution >= 0.6 is 0 Å². The summed E-state index contributed by atoms with van der Waals surface area (Å²) in [5.41, 5.74) is 3.65. The standard InChI is InChI=1S/C15H15N3O2/c1-10-5-6-13(8-12(10)4-3-7-19)17-15(20)14-9-16-18-11(14)2/h5-6,8-9,19H,7H2,1-2H3,(H,16,18)(H,17,20). The Labute approximate surface area is 117 Å². The number of aliphatic hydroxyl groups excluding tert-OH is 1. The van der Waals surface area contributed by atoms with Crippen LogP contribution in [0, 0.1) is 25.7 Å². The number of aryl methyl sites for hydroxylation is 2. The Balaban J connectivity index is 2.22. The summed E-state index contributed by atoms with van der Waals surface area (Å²) < 4.78 is 0. The molecule has 0 spiro atoms. The Morgan fingerprint density at radius 2 is 2.25 bits per heavy atom. The lowest BCUT2D eigenvalue weighted by Crippen LogP contribution is -2.12. The molecule has 0 unspecified atom stereocenters. The molecular formula is C15H15N3O2. The largest absolute Gasteiger partial charge is 0.384 e. The highest BCUT2D eigenvalue weighted by Gasteiger charge is 2.11. The van der Waals surface area contributed by atoms with E-state index in [-0.39, 0.29) is 12.5 Å². The van der Waals surface area contributed by atoms with E-state index in [2.05, 4.69) is 27.4 Å². The van der Waals surface area contributed by atoms with Crippen molar-refractivity contribution in [3.8, 4) is 11.8 Å². The minimum atomic E-state index is -0.221. The number of aromatic amines is 1. The number of aliphatic hydroxyl groups is 1. The van der Waals surface area contributed by atoms with Crippen LogP contribution in [0.2, 0.25) is 0 Å². The molecule has 0 aliphatic heterocycles. The van der Waals surface area contributed by atoms with Crippen LogP contribution in [0.1, 0.15) is 27.2 Å². The molecule has 0 aliphatic carbocycles. The van der Waals surface area contributed by atoms with Crippen LogP contribution in [-0.2, 0) is 0 Å². The predicted molar refractivity (Wildman–Crippen MR) is 76.4 cm³/mol. The number of nitrogens with zero attached hydrogens (tertiary/aromatic N) is 1. The summed E-state index contributed by atoms with van der Waals surface area (Å²) in [4.78, 5) is 12.1. The Morgan fingerprint density at radius 3 is 2.90 bits per heavy atom. The summed E-state index contributed by atoms with van der Waals surface area (Å²) in [6.45, 7) is 3.52. The highest BCUT2D eigenvalue weighted by molar-refractivity contribution is 6.04. The molecule has 0 saturated heterocycles. The molecule has 0 fully saturated rings. The smallest absolute Gasteiger partial charge is 0.259 e. The zero-order valence-electron chi connectivity index (χ0n) is 11.3. The van der Waals surface area contributed by atoms with E-state index in [0.29, 0.717) is 11.3 Å². The molecule has 2 aromatic rings. The molecule has 1 amide bonds. The maximum absolute atomic E-state index is 12.1. The van der Waals surface area contributed by atoms with Crippen molar-refractivity contribution in [2.24, 2.45) is 0 Å². The van der Waals surface area contributed by atoms with Crippen molar-refractivity contribution in [3.05, 3.63) is 46.8 Å². The maximum Gasteiger partial charge on any atom is 0.259 e. The lowest BCUT2D eigenvalue weighted by atomic mass is 10.1. The van der Waals surface area contributed by atoms with Crippen LogP contribution in [0.5, 0.6) is 0 Å². The fourth-order valence-electron chi connectivity index (χ4n) is 1.75. The van der Waals surface area contributed by atoms with Crippen molar-refractivity contribution in [2.75, 3.05) is 11.9 Å². The monoisotopic (exact) mass is 269 g/mol. The van der Waals surface area contributed by atoms with Crippen molar-refractivity contribution < 1.29 is 9.90 Å². The fourth-order valence-corrected chi connectivity index (χ4v) is 1.75. The summed E-state index contributed by atoms with van der Waals surface area (Å²) in [6, 6.07) is 5.47. The van der Waals surface area contributed by atoms with Crippen molar-refractivity contribution in [1.29, 1.82) is 0 Å². The van der Waals surface area contributed by atoms with Gasteiger partial charge in [-0.2, -0.15) is 5.10 Å².